The van der Waals surface area contributed by atoms with Crippen LogP contribution in [-0.2, 0) is 11.3 Å². The maximum atomic E-state index is 14.1. The molecule has 0 radical (unpaired) electrons. The lowest BCUT2D eigenvalue weighted by Gasteiger charge is -2.37. The summed E-state index contributed by atoms with van der Waals surface area (Å²) in [6, 6.07) is 13.8. The maximum absolute atomic E-state index is 14.1. The van der Waals surface area contributed by atoms with Gasteiger partial charge in [0, 0.05) is 38.3 Å². The number of ether oxygens (including phenoxy) is 2. The van der Waals surface area contributed by atoms with E-state index in [4.69, 9.17) is 14.7 Å². The van der Waals surface area contributed by atoms with Gasteiger partial charge in [-0.1, -0.05) is 18.2 Å². The minimum Gasteiger partial charge on any atom is -0.485 e. The van der Waals surface area contributed by atoms with Crippen molar-refractivity contribution in [2.75, 3.05) is 32.8 Å². The zero-order valence-electron chi connectivity index (χ0n) is 15.3. The van der Waals surface area contributed by atoms with Gasteiger partial charge in [-0.25, -0.2) is 4.39 Å². The Morgan fingerprint density at radius 3 is 2.61 bits per heavy atom. The van der Waals surface area contributed by atoms with Crippen molar-refractivity contribution in [3.63, 3.8) is 0 Å². The van der Waals surface area contributed by atoms with E-state index >= 15 is 0 Å². The molecule has 1 saturated heterocycles. The molecule has 2 heterocycles. The SMILES string of the molecule is N#Cc1ccc(CN2CCN(C(=O)C3COc4ccccc4O3)CC2)c(F)c1. The van der Waals surface area contributed by atoms with E-state index in [9.17, 15) is 9.18 Å². The van der Waals surface area contributed by atoms with Crippen molar-refractivity contribution in [2.45, 2.75) is 12.6 Å². The van der Waals surface area contributed by atoms with E-state index < -0.39 is 6.10 Å². The Morgan fingerprint density at radius 1 is 1.14 bits per heavy atom. The summed E-state index contributed by atoms with van der Waals surface area (Å²) in [6.45, 7) is 3.06. The van der Waals surface area contributed by atoms with E-state index in [0.29, 0.717) is 55.3 Å². The van der Waals surface area contributed by atoms with E-state index in [-0.39, 0.29) is 18.3 Å². The van der Waals surface area contributed by atoms with E-state index in [2.05, 4.69) is 4.90 Å². The van der Waals surface area contributed by atoms with Gasteiger partial charge in [0.25, 0.3) is 5.91 Å². The zero-order valence-corrected chi connectivity index (χ0v) is 15.3. The lowest BCUT2D eigenvalue weighted by molar-refractivity contribution is -0.143. The van der Waals surface area contributed by atoms with Crippen molar-refractivity contribution in [1.29, 1.82) is 5.26 Å². The second-order valence-corrected chi connectivity index (χ2v) is 6.88. The fourth-order valence-electron chi connectivity index (χ4n) is 3.46. The van der Waals surface area contributed by atoms with Crippen LogP contribution in [0.15, 0.2) is 42.5 Å². The number of nitriles is 1. The molecule has 1 amide bonds. The summed E-state index contributed by atoms with van der Waals surface area (Å²) in [6.07, 6.45) is -0.641. The van der Waals surface area contributed by atoms with Crippen molar-refractivity contribution in [2.24, 2.45) is 0 Å². The van der Waals surface area contributed by atoms with Gasteiger partial charge in [0.15, 0.2) is 11.5 Å². The minimum atomic E-state index is -0.641. The number of amides is 1. The van der Waals surface area contributed by atoms with E-state index in [1.807, 2.05) is 24.3 Å². The van der Waals surface area contributed by atoms with E-state index in [1.54, 1.807) is 23.1 Å². The molecule has 2 aromatic rings. The Morgan fingerprint density at radius 2 is 1.89 bits per heavy atom. The fourth-order valence-corrected chi connectivity index (χ4v) is 3.46. The predicted molar refractivity (Wildman–Crippen MR) is 99.3 cm³/mol. The summed E-state index contributed by atoms with van der Waals surface area (Å²) >= 11 is 0. The summed E-state index contributed by atoms with van der Waals surface area (Å²) in [5, 5.41) is 8.83. The van der Waals surface area contributed by atoms with Gasteiger partial charge in [-0.05, 0) is 24.3 Å². The molecule has 0 bridgehead atoms. The molecule has 2 aliphatic heterocycles. The lowest BCUT2D eigenvalue weighted by Crippen LogP contribution is -2.53. The van der Waals surface area contributed by atoms with Gasteiger partial charge >= 0.3 is 0 Å². The van der Waals surface area contributed by atoms with Crippen LogP contribution >= 0.6 is 0 Å². The Balaban J connectivity index is 1.32. The van der Waals surface area contributed by atoms with Crippen LogP contribution in [-0.4, -0.2) is 54.6 Å². The first-order valence-corrected chi connectivity index (χ1v) is 9.22. The average Bonchev–Trinajstić information content (AvgIpc) is 2.75. The van der Waals surface area contributed by atoms with Crippen LogP contribution in [0.3, 0.4) is 0 Å². The molecule has 1 atom stereocenters. The quantitative estimate of drug-likeness (QED) is 0.815. The molecule has 7 heteroatoms. The van der Waals surface area contributed by atoms with Crippen molar-refractivity contribution in [3.8, 4) is 17.6 Å². The largest absolute Gasteiger partial charge is 0.485 e. The first-order chi connectivity index (χ1) is 13.6. The molecule has 2 aliphatic rings. The number of fused-ring (bicyclic) bond motifs is 1. The molecule has 0 N–H and O–H groups in total. The Labute approximate surface area is 162 Å². The number of hydrogen-bond donors (Lipinski definition) is 0. The van der Waals surface area contributed by atoms with Crippen LogP contribution in [0.1, 0.15) is 11.1 Å². The molecule has 0 aliphatic carbocycles. The summed E-state index contributed by atoms with van der Waals surface area (Å²) in [4.78, 5) is 16.6. The van der Waals surface area contributed by atoms with Gasteiger partial charge < -0.3 is 14.4 Å². The number of rotatable bonds is 3. The predicted octanol–water partition coefficient (Wildman–Crippen LogP) is 2.18. The monoisotopic (exact) mass is 381 g/mol. The van der Waals surface area contributed by atoms with Gasteiger partial charge in [0.1, 0.15) is 12.4 Å². The van der Waals surface area contributed by atoms with Gasteiger partial charge in [-0.3, -0.25) is 9.69 Å². The Kier molecular flexibility index (Phi) is 5.13. The molecule has 144 valence electrons. The van der Waals surface area contributed by atoms with Crippen LogP contribution in [0.4, 0.5) is 4.39 Å². The van der Waals surface area contributed by atoms with Crippen LogP contribution in [0, 0.1) is 17.1 Å². The van der Waals surface area contributed by atoms with E-state index in [1.165, 1.54) is 6.07 Å². The molecule has 6 nitrogen and oxygen atoms in total. The number of halogens is 1. The molecule has 28 heavy (non-hydrogen) atoms. The topological polar surface area (TPSA) is 65.8 Å². The molecular formula is C21H20FN3O3. The normalized spacial score (nSPS) is 19.1. The smallest absolute Gasteiger partial charge is 0.267 e. The van der Waals surface area contributed by atoms with Gasteiger partial charge in [0.05, 0.1) is 11.6 Å². The molecule has 2 aromatic carbocycles. The molecular weight excluding hydrogens is 361 g/mol. The van der Waals surface area contributed by atoms with Crippen LogP contribution in [0.25, 0.3) is 0 Å². The standard InChI is InChI=1S/C21H20FN3O3/c22-17-11-15(12-23)5-6-16(17)13-24-7-9-25(10-8-24)21(26)20-14-27-18-3-1-2-4-19(18)28-20/h1-6,11,20H,7-10,13-14H2. The molecule has 1 unspecified atom stereocenters. The van der Waals surface area contributed by atoms with Gasteiger partial charge in [0.2, 0.25) is 6.10 Å². The lowest BCUT2D eigenvalue weighted by atomic mass is 10.1. The van der Waals surface area contributed by atoms with Crippen LogP contribution < -0.4 is 9.47 Å². The molecule has 0 spiro atoms. The van der Waals surface area contributed by atoms with Gasteiger partial charge in [-0.15, -0.1) is 0 Å². The van der Waals surface area contributed by atoms with Crippen molar-refractivity contribution in [3.05, 3.63) is 59.4 Å². The third-order valence-corrected chi connectivity index (χ3v) is 5.04. The summed E-state index contributed by atoms with van der Waals surface area (Å²) in [5.41, 5.74) is 0.868. The van der Waals surface area contributed by atoms with Crippen molar-refractivity contribution >= 4 is 5.91 Å². The molecule has 0 saturated carbocycles. The molecule has 1 fully saturated rings. The summed E-state index contributed by atoms with van der Waals surface area (Å²) < 4.78 is 25.5. The summed E-state index contributed by atoms with van der Waals surface area (Å²) in [5.74, 6) is 0.783. The molecule has 0 aromatic heterocycles. The number of carbonyl (C=O) groups excluding carboxylic acids is 1. The maximum Gasteiger partial charge on any atom is 0.267 e. The molecule has 4 rings (SSSR count). The average molecular weight is 381 g/mol. The first kappa shape index (κ1) is 18.3. The highest BCUT2D eigenvalue weighted by Crippen LogP contribution is 2.31. The minimum absolute atomic E-state index is 0.0845. The number of benzene rings is 2. The summed E-state index contributed by atoms with van der Waals surface area (Å²) in [7, 11) is 0. The third kappa shape index (κ3) is 3.78. The van der Waals surface area contributed by atoms with Crippen molar-refractivity contribution < 1.29 is 18.7 Å². The first-order valence-electron chi connectivity index (χ1n) is 9.22. The van der Waals surface area contributed by atoms with Crippen molar-refractivity contribution in [1.82, 2.24) is 9.80 Å². The highest BCUT2D eigenvalue weighted by molar-refractivity contribution is 5.82. The van der Waals surface area contributed by atoms with E-state index in [0.717, 1.165) is 0 Å². The third-order valence-electron chi connectivity index (χ3n) is 5.04. The highest BCUT2D eigenvalue weighted by atomic mass is 19.1. The number of para-hydroxylation sites is 2. The number of carbonyl (C=O) groups is 1. The fraction of sp³-hybridized carbons (Fsp3) is 0.333. The second-order valence-electron chi connectivity index (χ2n) is 6.88. The van der Waals surface area contributed by atoms with Gasteiger partial charge in [-0.2, -0.15) is 5.26 Å². The zero-order chi connectivity index (χ0) is 19.5. The van der Waals surface area contributed by atoms with Crippen LogP contribution in [0.5, 0.6) is 11.5 Å². The number of hydrogen-bond acceptors (Lipinski definition) is 5. The highest BCUT2D eigenvalue weighted by Gasteiger charge is 2.32. The Bertz CT molecular complexity index is 919. The second kappa shape index (κ2) is 7.87. The van der Waals surface area contributed by atoms with Crippen LogP contribution in [0.2, 0.25) is 0 Å². The number of nitrogens with zero attached hydrogens (tertiary/aromatic N) is 3. The Hall–Kier alpha value is -3.11. The number of piperazine rings is 1.